The Labute approximate surface area is 198 Å². The quantitative estimate of drug-likeness (QED) is 0.630. The van der Waals surface area contributed by atoms with Crippen LogP contribution in [-0.4, -0.2) is 56.6 Å². The van der Waals surface area contributed by atoms with Crippen LogP contribution in [0.2, 0.25) is 0 Å². The van der Waals surface area contributed by atoms with Crippen LogP contribution in [0.1, 0.15) is 37.0 Å². The Morgan fingerprint density at radius 1 is 1.12 bits per heavy atom. The van der Waals surface area contributed by atoms with E-state index in [2.05, 4.69) is 12.2 Å². The molecule has 2 aliphatic rings. The van der Waals surface area contributed by atoms with E-state index in [-0.39, 0.29) is 29.5 Å². The van der Waals surface area contributed by atoms with E-state index in [1.54, 1.807) is 24.3 Å². The van der Waals surface area contributed by atoms with Crippen LogP contribution in [0, 0.1) is 5.92 Å². The fourth-order valence-electron chi connectivity index (χ4n) is 4.05. The average molecular weight is 486 g/mol. The molecule has 0 saturated carbocycles. The maximum atomic E-state index is 13.2. The van der Waals surface area contributed by atoms with Crippen LogP contribution in [0.5, 0.6) is 5.75 Å². The Morgan fingerprint density at radius 3 is 2.56 bits per heavy atom. The summed E-state index contributed by atoms with van der Waals surface area (Å²) in [5.74, 6) is -0.268. The number of sulfonamides is 1. The average Bonchev–Trinajstić information content (AvgIpc) is 2.81. The number of ether oxygens (including phenoxy) is 1. The molecule has 0 atom stereocenters. The monoisotopic (exact) mass is 485 g/mol. The summed E-state index contributed by atoms with van der Waals surface area (Å²) in [7, 11) is -3.74. The molecule has 10 heteroatoms. The summed E-state index contributed by atoms with van der Waals surface area (Å²) in [6.45, 7) is 3.84. The first-order chi connectivity index (χ1) is 16.1. The highest BCUT2D eigenvalue weighted by atomic mass is 32.2. The second-order valence-corrected chi connectivity index (χ2v) is 10.6. The molecule has 2 aromatic rings. The first-order valence-corrected chi connectivity index (χ1v) is 12.6. The van der Waals surface area contributed by atoms with Crippen molar-refractivity contribution in [2.75, 3.05) is 36.5 Å². The summed E-state index contributed by atoms with van der Waals surface area (Å²) >= 11 is 0. The van der Waals surface area contributed by atoms with Crippen molar-refractivity contribution in [1.29, 1.82) is 0 Å². The number of carbonyl (C=O) groups excluding carboxylic acids is 3. The molecule has 0 aromatic heterocycles. The van der Waals surface area contributed by atoms with Gasteiger partial charge in [0.2, 0.25) is 15.9 Å². The van der Waals surface area contributed by atoms with Crippen LogP contribution in [0.3, 0.4) is 0 Å². The summed E-state index contributed by atoms with van der Waals surface area (Å²) in [6, 6.07) is 10.9. The van der Waals surface area contributed by atoms with Gasteiger partial charge in [0.25, 0.3) is 5.91 Å². The molecule has 0 bridgehead atoms. The van der Waals surface area contributed by atoms with Gasteiger partial charge in [0.1, 0.15) is 12.3 Å². The zero-order valence-corrected chi connectivity index (χ0v) is 19.9. The number of amides is 2. The van der Waals surface area contributed by atoms with Crippen molar-refractivity contribution in [3.05, 3.63) is 48.0 Å². The molecule has 2 heterocycles. The molecule has 2 aliphatic heterocycles. The molecule has 0 unspecified atom stereocenters. The normalized spacial score (nSPS) is 17.1. The molecule has 2 aromatic carbocycles. The number of carbonyl (C=O) groups is 3. The van der Waals surface area contributed by atoms with Crippen molar-refractivity contribution >= 4 is 39.0 Å². The molecule has 34 heavy (non-hydrogen) atoms. The Bertz CT molecular complexity index is 1240. The Balaban J connectivity index is 1.56. The minimum absolute atomic E-state index is 0.0543. The van der Waals surface area contributed by atoms with Gasteiger partial charge < -0.3 is 10.1 Å². The molecule has 0 spiro atoms. The van der Waals surface area contributed by atoms with E-state index in [9.17, 15) is 22.8 Å². The highest BCUT2D eigenvalue weighted by molar-refractivity contribution is 7.89. The standard InChI is InChI=1S/C24H27N3O6S/c1-16-8-10-26(11-9-16)34(31,32)20-6-7-22-21(13-20)27(24(30)15-33-22)14-23(29)25-19-5-3-4-18(12-19)17(2)28/h3-7,12-13,16H,8-11,14-15H2,1-2H3,(H,25,29). The predicted octanol–water partition coefficient (Wildman–Crippen LogP) is 2.67. The highest BCUT2D eigenvalue weighted by Crippen LogP contribution is 2.35. The zero-order chi connectivity index (χ0) is 24.5. The van der Waals surface area contributed by atoms with Gasteiger partial charge >= 0.3 is 0 Å². The van der Waals surface area contributed by atoms with Crippen LogP contribution in [-0.2, 0) is 19.6 Å². The molecule has 1 N–H and O–H groups in total. The Hall–Kier alpha value is -3.24. The maximum Gasteiger partial charge on any atom is 0.265 e. The SMILES string of the molecule is CC(=O)c1cccc(NC(=O)CN2C(=O)COc3ccc(S(=O)(=O)N4CCC(C)CC4)cc32)c1. The van der Waals surface area contributed by atoms with E-state index in [0.29, 0.717) is 36.0 Å². The number of rotatable bonds is 6. The van der Waals surface area contributed by atoms with Crippen molar-refractivity contribution in [1.82, 2.24) is 4.31 Å². The van der Waals surface area contributed by atoms with Gasteiger partial charge in [0, 0.05) is 24.3 Å². The Kier molecular flexibility index (Phi) is 6.72. The number of piperidine rings is 1. The molecular formula is C24H27N3O6S. The number of nitrogens with zero attached hydrogens (tertiary/aromatic N) is 2. The molecule has 1 saturated heterocycles. The van der Waals surface area contributed by atoms with E-state index in [1.165, 1.54) is 34.3 Å². The van der Waals surface area contributed by atoms with Crippen LogP contribution in [0.15, 0.2) is 47.4 Å². The van der Waals surface area contributed by atoms with Gasteiger partial charge in [-0.2, -0.15) is 4.31 Å². The molecule has 0 radical (unpaired) electrons. The topological polar surface area (TPSA) is 113 Å². The lowest BCUT2D eigenvalue weighted by Gasteiger charge is -2.31. The largest absolute Gasteiger partial charge is 0.482 e. The van der Waals surface area contributed by atoms with Gasteiger partial charge in [-0.25, -0.2) is 8.42 Å². The minimum atomic E-state index is -3.74. The van der Waals surface area contributed by atoms with Gasteiger partial charge in [-0.05, 0) is 56.0 Å². The first-order valence-electron chi connectivity index (χ1n) is 11.1. The van der Waals surface area contributed by atoms with Crippen LogP contribution >= 0.6 is 0 Å². The van der Waals surface area contributed by atoms with Gasteiger partial charge in [0.05, 0.1) is 10.6 Å². The number of fused-ring (bicyclic) bond motifs is 1. The zero-order valence-electron chi connectivity index (χ0n) is 19.1. The van der Waals surface area contributed by atoms with E-state index in [0.717, 1.165) is 12.8 Å². The smallest absolute Gasteiger partial charge is 0.265 e. The summed E-state index contributed by atoms with van der Waals surface area (Å²) in [4.78, 5) is 38.2. The lowest BCUT2D eigenvalue weighted by Crippen LogP contribution is -2.43. The summed E-state index contributed by atoms with van der Waals surface area (Å²) in [6.07, 6.45) is 1.59. The van der Waals surface area contributed by atoms with Crippen molar-refractivity contribution in [3.63, 3.8) is 0 Å². The molecule has 180 valence electrons. The molecule has 0 aliphatic carbocycles. The molecule has 4 rings (SSSR count). The summed E-state index contributed by atoms with van der Waals surface area (Å²) < 4.78 is 33.3. The van der Waals surface area contributed by atoms with Gasteiger partial charge in [-0.1, -0.05) is 19.1 Å². The molecule has 9 nitrogen and oxygen atoms in total. The van der Waals surface area contributed by atoms with Crippen LogP contribution in [0.4, 0.5) is 11.4 Å². The second kappa shape index (κ2) is 9.55. The molecular weight excluding hydrogens is 458 g/mol. The fourth-order valence-corrected chi connectivity index (χ4v) is 5.54. The lowest BCUT2D eigenvalue weighted by molar-refractivity contribution is -0.123. The van der Waals surface area contributed by atoms with Crippen LogP contribution in [0.25, 0.3) is 0 Å². The van der Waals surface area contributed by atoms with Crippen molar-refractivity contribution in [3.8, 4) is 5.75 Å². The molecule has 2 amide bonds. The number of benzene rings is 2. The number of Topliss-reactive ketones (excluding diaryl/α,β-unsaturated/α-hetero) is 1. The van der Waals surface area contributed by atoms with Crippen molar-refractivity contribution in [2.24, 2.45) is 5.92 Å². The van der Waals surface area contributed by atoms with Gasteiger partial charge in [-0.15, -0.1) is 0 Å². The number of ketones is 1. The number of anilines is 2. The maximum absolute atomic E-state index is 13.2. The van der Waals surface area contributed by atoms with Gasteiger partial charge in [0.15, 0.2) is 12.4 Å². The van der Waals surface area contributed by atoms with E-state index >= 15 is 0 Å². The van der Waals surface area contributed by atoms with Crippen molar-refractivity contribution in [2.45, 2.75) is 31.6 Å². The second-order valence-electron chi connectivity index (χ2n) is 8.67. The third kappa shape index (κ3) is 4.97. The number of nitrogens with one attached hydrogen (secondary N) is 1. The van der Waals surface area contributed by atoms with Gasteiger partial charge in [-0.3, -0.25) is 19.3 Å². The predicted molar refractivity (Wildman–Crippen MR) is 127 cm³/mol. The van der Waals surface area contributed by atoms with E-state index < -0.39 is 21.8 Å². The first kappa shape index (κ1) is 23.9. The highest BCUT2D eigenvalue weighted by Gasteiger charge is 2.32. The number of hydrogen-bond acceptors (Lipinski definition) is 6. The van der Waals surface area contributed by atoms with E-state index in [1.807, 2.05) is 0 Å². The summed E-state index contributed by atoms with van der Waals surface area (Å²) in [5.41, 5.74) is 1.11. The summed E-state index contributed by atoms with van der Waals surface area (Å²) in [5, 5.41) is 2.68. The van der Waals surface area contributed by atoms with Crippen LogP contribution < -0.4 is 15.0 Å². The third-order valence-corrected chi connectivity index (χ3v) is 8.00. The Morgan fingerprint density at radius 2 is 1.85 bits per heavy atom. The van der Waals surface area contributed by atoms with E-state index in [4.69, 9.17) is 4.74 Å². The number of hydrogen-bond donors (Lipinski definition) is 1. The fraction of sp³-hybridized carbons (Fsp3) is 0.375. The molecule has 1 fully saturated rings. The third-order valence-electron chi connectivity index (χ3n) is 6.11. The van der Waals surface area contributed by atoms with Crippen molar-refractivity contribution < 1.29 is 27.5 Å². The minimum Gasteiger partial charge on any atom is -0.482 e. The lowest BCUT2D eigenvalue weighted by atomic mass is 10.0.